The largest absolute Gasteiger partial charge is 0.496 e. The summed E-state index contributed by atoms with van der Waals surface area (Å²) in [5.41, 5.74) is 2.96. The molecule has 0 aliphatic heterocycles. The molecule has 1 saturated carbocycles. The molecule has 1 aromatic heterocycles. The summed E-state index contributed by atoms with van der Waals surface area (Å²) < 4.78 is 5.29. The predicted octanol–water partition coefficient (Wildman–Crippen LogP) is 4.17. The average molecular weight is 352 g/mol. The zero-order valence-corrected chi connectivity index (χ0v) is 15.0. The van der Waals surface area contributed by atoms with Gasteiger partial charge in [-0.2, -0.15) is 0 Å². The van der Waals surface area contributed by atoms with E-state index in [1.807, 2.05) is 29.6 Å². The molecule has 2 aromatic rings. The second-order valence-corrected chi connectivity index (χ2v) is 7.43. The Kier molecular flexibility index (Phi) is 4.17. The third-order valence-corrected chi connectivity index (χ3v) is 5.74. The zero-order valence-electron chi connectivity index (χ0n) is 14.2. The van der Waals surface area contributed by atoms with Gasteiger partial charge in [0.15, 0.2) is 5.13 Å². The van der Waals surface area contributed by atoms with E-state index >= 15 is 0 Å². The maximum Gasteiger partial charge on any atom is 0.230 e. The molecule has 5 heteroatoms. The van der Waals surface area contributed by atoms with Gasteiger partial charge in [-0.15, -0.1) is 11.3 Å². The van der Waals surface area contributed by atoms with Gasteiger partial charge in [0.2, 0.25) is 5.91 Å². The van der Waals surface area contributed by atoms with Crippen molar-refractivity contribution in [3.05, 3.63) is 59.1 Å². The van der Waals surface area contributed by atoms with Crippen molar-refractivity contribution in [1.82, 2.24) is 4.98 Å². The fraction of sp³-hybridized carbons (Fsp3) is 0.300. The van der Waals surface area contributed by atoms with Crippen molar-refractivity contribution in [2.45, 2.75) is 13.3 Å². The molecule has 0 saturated heterocycles. The molecule has 0 bridgehead atoms. The van der Waals surface area contributed by atoms with Crippen molar-refractivity contribution in [1.29, 1.82) is 0 Å². The topological polar surface area (TPSA) is 51.2 Å². The molecule has 1 N–H and O–H groups in total. The summed E-state index contributed by atoms with van der Waals surface area (Å²) in [6.45, 7) is 2.28. The SMILES string of the molecule is COc1ccccc1CC(=O)Nc1nc(C2=CC3C(C)C3C=C2)cs1. The number of para-hydroxylation sites is 1. The van der Waals surface area contributed by atoms with E-state index in [4.69, 9.17) is 4.74 Å². The van der Waals surface area contributed by atoms with Gasteiger partial charge in [-0.25, -0.2) is 4.98 Å². The van der Waals surface area contributed by atoms with Crippen LogP contribution in [-0.4, -0.2) is 18.0 Å². The van der Waals surface area contributed by atoms with Gasteiger partial charge in [-0.1, -0.05) is 43.4 Å². The van der Waals surface area contributed by atoms with Crippen molar-refractivity contribution in [3.63, 3.8) is 0 Å². The Labute approximate surface area is 151 Å². The second-order valence-electron chi connectivity index (χ2n) is 6.57. The van der Waals surface area contributed by atoms with Gasteiger partial charge in [0.25, 0.3) is 0 Å². The maximum atomic E-state index is 12.3. The lowest BCUT2D eigenvalue weighted by Gasteiger charge is -2.07. The fourth-order valence-electron chi connectivity index (χ4n) is 3.39. The number of methoxy groups -OCH3 is 1. The van der Waals surface area contributed by atoms with Crippen LogP contribution in [-0.2, 0) is 11.2 Å². The molecular weight excluding hydrogens is 332 g/mol. The molecule has 1 fully saturated rings. The number of nitrogens with one attached hydrogen (secondary N) is 1. The number of carbonyl (C=O) groups excluding carboxylic acids is 1. The summed E-state index contributed by atoms with van der Waals surface area (Å²) in [6, 6.07) is 7.55. The molecule has 1 heterocycles. The lowest BCUT2D eigenvalue weighted by atomic mass is 10.1. The van der Waals surface area contributed by atoms with E-state index in [0.29, 0.717) is 17.0 Å². The number of allylic oxidation sites excluding steroid dienone is 4. The number of nitrogens with zero attached hydrogens (tertiary/aromatic N) is 1. The van der Waals surface area contributed by atoms with Crippen LogP contribution in [0.15, 0.2) is 47.9 Å². The molecule has 3 unspecified atom stereocenters. The Morgan fingerprint density at radius 1 is 1.32 bits per heavy atom. The maximum absolute atomic E-state index is 12.3. The minimum atomic E-state index is -0.0885. The molecule has 25 heavy (non-hydrogen) atoms. The number of benzene rings is 1. The first kappa shape index (κ1) is 16.1. The summed E-state index contributed by atoms with van der Waals surface area (Å²) in [7, 11) is 1.61. The van der Waals surface area contributed by atoms with Crippen LogP contribution in [0.25, 0.3) is 5.57 Å². The highest BCUT2D eigenvalue weighted by atomic mass is 32.1. The quantitative estimate of drug-likeness (QED) is 0.879. The van der Waals surface area contributed by atoms with E-state index in [2.05, 4.69) is 35.5 Å². The smallest absolute Gasteiger partial charge is 0.230 e. The van der Waals surface area contributed by atoms with Crippen LogP contribution in [0.1, 0.15) is 18.2 Å². The Hall–Kier alpha value is -2.40. The molecule has 1 amide bonds. The van der Waals surface area contributed by atoms with E-state index in [1.54, 1.807) is 7.11 Å². The molecule has 128 valence electrons. The van der Waals surface area contributed by atoms with E-state index < -0.39 is 0 Å². The number of ether oxygens (including phenoxy) is 1. The monoisotopic (exact) mass is 352 g/mol. The van der Waals surface area contributed by atoms with Crippen molar-refractivity contribution >= 4 is 27.9 Å². The number of carbonyl (C=O) groups is 1. The van der Waals surface area contributed by atoms with Crippen LogP contribution in [0, 0.1) is 17.8 Å². The predicted molar refractivity (Wildman–Crippen MR) is 101 cm³/mol. The van der Waals surface area contributed by atoms with Crippen LogP contribution in [0.3, 0.4) is 0 Å². The van der Waals surface area contributed by atoms with Crippen LogP contribution < -0.4 is 10.1 Å². The minimum Gasteiger partial charge on any atom is -0.496 e. The Balaban J connectivity index is 1.42. The first-order valence-electron chi connectivity index (χ1n) is 8.43. The molecule has 4 nitrogen and oxygen atoms in total. The number of hydrogen-bond acceptors (Lipinski definition) is 4. The molecule has 4 rings (SSSR count). The van der Waals surface area contributed by atoms with Crippen molar-refractivity contribution in [3.8, 4) is 5.75 Å². The fourth-order valence-corrected chi connectivity index (χ4v) is 4.13. The van der Waals surface area contributed by atoms with Gasteiger partial charge in [-0.05, 0) is 29.4 Å². The highest BCUT2D eigenvalue weighted by Crippen LogP contribution is 2.51. The third kappa shape index (κ3) is 3.24. The Morgan fingerprint density at radius 2 is 2.16 bits per heavy atom. The molecular formula is C20H20N2O2S. The van der Waals surface area contributed by atoms with Gasteiger partial charge in [0, 0.05) is 10.9 Å². The van der Waals surface area contributed by atoms with E-state index in [9.17, 15) is 4.79 Å². The first-order chi connectivity index (χ1) is 12.2. The van der Waals surface area contributed by atoms with Gasteiger partial charge >= 0.3 is 0 Å². The molecule has 3 atom stereocenters. The second kappa shape index (κ2) is 6.48. The van der Waals surface area contributed by atoms with Crippen molar-refractivity contribution < 1.29 is 9.53 Å². The van der Waals surface area contributed by atoms with Gasteiger partial charge in [0.05, 0.1) is 19.2 Å². The molecule has 1 aromatic carbocycles. The number of rotatable bonds is 5. The normalized spacial score (nSPS) is 23.6. The summed E-state index contributed by atoms with van der Waals surface area (Å²) in [5, 5.41) is 5.53. The number of anilines is 1. The summed E-state index contributed by atoms with van der Waals surface area (Å²) in [5.74, 6) is 2.75. The van der Waals surface area contributed by atoms with Gasteiger partial charge in [0.1, 0.15) is 5.75 Å². The first-order valence-corrected chi connectivity index (χ1v) is 9.31. The van der Waals surface area contributed by atoms with Crippen LogP contribution in [0.2, 0.25) is 0 Å². The number of amides is 1. The minimum absolute atomic E-state index is 0.0885. The van der Waals surface area contributed by atoms with Gasteiger partial charge < -0.3 is 10.1 Å². The summed E-state index contributed by atoms with van der Waals surface area (Å²) in [6.07, 6.45) is 7.01. The van der Waals surface area contributed by atoms with Crippen LogP contribution >= 0.6 is 11.3 Å². The highest BCUT2D eigenvalue weighted by molar-refractivity contribution is 7.14. The summed E-state index contributed by atoms with van der Waals surface area (Å²) >= 11 is 1.46. The van der Waals surface area contributed by atoms with E-state index in [0.717, 1.165) is 28.5 Å². The van der Waals surface area contributed by atoms with Crippen LogP contribution in [0.4, 0.5) is 5.13 Å². The molecule has 0 radical (unpaired) electrons. The standard InChI is InChI=1S/C20H20N2O2S/c1-12-15-8-7-13(9-16(12)15)17-11-25-20(21-17)22-19(23)10-14-5-3-4-6-18(14)24-2/h3-9,11-12,15-16H,10H2,1-2H3,(H,21,22,23). The van der Waals surface area contributed by atoms with Crippen molar-refractivity contribution in [2.75, 3.05) is 12.4 Å². The number of aromatic nitrogens is 1. The van der Waals surface area contributed by atoms with E-state index in [-0.39, 0.29) is 12.3 Å². The highest BCUT2D eigenvalue weighted by Gasteiger charge is 2.44. The number of hydrogen-bond donors (Lipinski definition) is 1. The van der Waals surface area contributed by atoms with E-state index in [1.165, 1.54) is 11.3 Å². The number of fused-ring (bicyclic) bond motifs is 1. The van der Waals surface area contributed by atoms with Gasteiger partial charge in [-0.3, -0.25) is 4.79 Å². The van der Waals surface area contributed by atoms with Crippen molar-refractivity contribution in [2.24, 2.45) is 17.8 Å². The Bertz CT molecular complexity index is 868. The average Bonchev–Trinajstić information content (AvgIpc) is 3.04. The lowest BCUT2D eigenvalue weighted by molar-refractivity contribution is -0.115. The molecule has 2 aliphatic rings. The Morgan fingerprint density at radius 3 is 2.96 bits per heavy atom. The lowest BCUT2D eigenvalue weighted by Crippen LogP contribution is -2.14. The zero-order chi connectivity index (χ0) is 17.4. The third-order valence-electron chi connectivity index (χ3n) is 4.98. The number of thiazole rings is 1. The molecule has 2 aliphatic carbocycles. The van der Waals surface area contributed by atoms with Crippen LogP contribution in [0.5, 0.6) is 5.75 Å². The molecule has 0 spiro atoms. The summed E-state index contributed by atoms with van der Waals surface area (Å²) in [4.78, 5) is 16.9.